The van der Waals surface area contributed by atoms with Crippen LogP contribution in [-0.4, -0.2) is 27.5 Å². The van der Waals surface area contributed by atoms with Crippen LogP contribution < -0.4 is 10.9 Å². The molecule has 1 aromatic heterocycles. The Morgan fingerprint density at radius 2 is 1.87 bits per heavy atom. The molecule has 6 heteroatoms. The van der Waals surface area contributed by atoms with E-state index in [1.807, 2.05) is 27.7 Å². The Bertz CT molecular complexity index is 634. The van der Waals surface area contributed by atoms with Crippen LogP contribution in [0, 0.1) is 11.8 Å². The van der Waals surface area contributed by atoms with Gasteiger partial charge in [-0.25, -0.2) is 0 Å². The smallest absolute Gasteiger partial charge is 0.305 e. The lowest BCUT2D eigenvalue weighted by Crippen LogP contribution is -2.51. The number of aliphatic carboxylic acids is 1. The van der Waals surface area contributed by atoms with Gasteiger partial charge in [0.15, 0.2) is 0 Å². The number of amides is 1. The van der Waals surface area contributed by atoms with Crippen LogP contribution in [0.1, 0.15) is 57.1 Å². The monoisotopic (exact) mass is 322 g/mol. The zero-order valence-corrected chi connectivity index (χ0v) is 14.4. The zero-order chi connectivity index (χ0) is 17.8. The minimum absolute atomic E-state index is 0.0697. The highest BCUT2D eigenvalue weighted by Crippen LogP contribution is 2.21. The molecule has 1 amide bonds. The molecule has 0 saturated heterocycles. The van der Waals surface area contributed by atoms with Gasteiger partial charge in [-0.3, -0.25) is 14.4 Å². The van der Waals surface area contributed by atoms with E-state index in [2.05, 4.69) is 10.3 Å². The molecule has 0 bridgehead atoms. The van der Waals surface area contributed by atoms with Gasteiger partial charge in [0.2, 0.25) is 5.56 Å². The maximum Gasteiger partial charge on any atom is 0.305 e. The summed E-state index contributed by atoms with van der Waals surface area (Å²) >= 11 is 0. The van der Waals surface area contributed by atoms with Crippen LogP contribution in [0.4, 0.5) is 0 Å². The van der Waals surface area contributed by atoms with Gasteiger partial charge in [-0.1, -0.05) is 27.7 Å². The van der Waals surface area contributed by atoms with Gasteiger partial charge in [0.05, 0.1) is 12.0 Å². The van der Waals surface area contributed by atoms with Crippen LogP contribution in [0.25, 0.3) is 0 Å². The van der Waals surface area contributed by atoms with E-state index in [1.54, 1.807) is 13.0 Å². The Hall–Kier alpha value is -2.11. The molecule has 6 nitrogen and oxygen atoms in total. The Labute approximate surface area is 136 Å². The molecule has 1 unspecified atom stereocenters. The molecule has 1 aromatic rings. The topological polar surface area (TPSA) is 99.3 Å². The standard InChI is InChI=1S/C17H26N2O4/c1-10(2)6-13-7-12(8-14(20)18-13)16(23)19-17(5,11(3)4)9-15(21)22/h7-8,10-11H,6,9H2,1-5H3,(H,18,20)(H,19,23)(H,21,22). The van der Waals surface area contributed by atoms with E-state index in [1.165, 1.54) is 6.07 Å². The molecule has 0 saturated carbocycles. The molecule has 0 radical (unpaired) electrons. The fourth-order valence-electron chi connectivity index (χ4n) is 2.32. The molecular weight excluding hydrogens is 296 g/mol. The van der Waals surface area contributed by atoms with E-state index < -0.39 is 17.4 Å². The van der Waals surface area contributed by atoms with Crippen molar-refractivity contribution in [3.63, 3.8) is 0 Å². The Morgan fingerprint density at radius 3 is 2.35 bits per heavy atom. The summed E-state index contributed by atoms with van der Waals surface area (Å²) in [6, 6.07) is 2.89. The molecule has 0 aliphatic heterocycles. The first kappa shape index (κ1) is 18.9. The van der Waals surface area contributed by atoms with Crippen molar-refractivity contribution in [2.75, 3.05) is 0 Å². The SMILES string of the molecule is CC(C)Cc1cc(C(=O)NC(C)(CC(=O)O)C(C)C)cc(=O)[nH]1. The van der Waals surface area contributed by atoms with Gasteiger partial charge in [-0.05, 0) is 31.2 Å². The number of nitrogens with one attached hydrogen (secondary N) is 2. The third-order valence-electron chi connectivity index (χ3n) is 3.98. The van der Waals surface area contributed by atoms with Gasteiger partial charge >= 0.3 is 5.97 Å². The summed E-state index contributed by atoms with van der Waals surface area (Å²) in [5, 5.41) is 11.8. The van der Waals surface area contributed by atoms with E-state index in [0.717, 1.165) is 0 Å². The average molecular weight is 322 g/mol. The third-order valence-corrected chi connectivity index (χ3v) is 3.98. The molecule has 0 spiro atoms. The molecule has 1 atom stereocenters. The number of hydrogen-bond donors (Lipinski definition) is 3. The molecule has 0 aliphatic carbocycles. The lowest BCUT2D eigenvalue weighted by atomic mass is 9.85. The number of carbonyl (C=O) groups excluding carboxylic acids is 1. The largest absolute Gasteiger partial charge is 0.481 e. The molecule has 1 heterocycles. The van der Waals surface area contributed by atoms with Crippen molar-refractivity contribution in [1.82, 2.24) is 10.3 Å². The van der Waals surface area contributed by atoms with Gasteiger partial charge in [0, 0.05) is 17.3 Å². The van der Waals surface area contributed by atoms with Gasteiger partial charge in [0.1, 0.15) is 0 Å². The fraction of sp³-hybridized carbons (Fsp3) is 0.588. The van der Waals surface area contributed by atoms with Crippen LogP contribution in [0.2, 0.25) is 0 Å². The van der Waals surface area contributed by atoms with Crippen LogP contribution in [-0.2, 0) is 11.2 Å². The van der Waals surface area contributed by atoms with Crippen molar-refractivity contribution in [3.8, 4) is 0 Å². The van der Waals surface area contributed by atoms with Crippen LogP contribution in [0.3, 0.4) is 0 Å². The number of hydrogen-bond acceptors (Lipinski definition) is 3. The van der Waals surface area contributed by atoms with Gasteiger partial charge in [-0.2, -0.15) is 0 Å². The van der Waals surface area contributed by atoms with Crippen molar-refractivity contribution in [3.05, 3.63) is 33.7 Å². The van der Waals surface area contributed by atoms with E-state index in [-0.39, 0.29) is 23.5 Å². The number of carboxylic acid groups (broad SMARTS) is 1. The molecule has 23 heavy (non-hydrogen) atoms. The molecule has 128 valence electrons. The minimum atomic E-state index is -0.979. The summed E-state index contributed by atoms with van der Waals surface area (Å²) in [6.07, 6.45) is 0.478. The second-order valence-corrected chi connectivity index (χ2v) is 6.95. The van der Waals surface area contributed by atoms with Gasteiger partial charge < -0.3 is 15.4 Å². The van der Waals surface area contributed by atoms with Crippen molar-refractivity contribution in [2.24, 2.45) is 11.8 Å². The first-order chi connectivity index (χ1) is 10.5. The average Bonchev–Trinajstić information content (AvgIpc) is 2.35. The molecular formula is C17H26N2O4. The Kier molecular flexibility index (Phi) is 6.12. The van der Waals surface area contributed by atoms with E-state index >= 15 is 0 Å². The first-order valence-electron chi connectivity index (χ1n) is 7.81. The van der Waals surface area contributed by atoms with E-state index in [9.17, 15) is 14.4 Å². The maximum absolute atomic E-state index is 12.5. The summed E-state index contributed by atoms with van der Waals surface area (Å²) < 4.78 is 0. The molecule has 0 aromatic carbocycles. The number of H-pyrrole nitrogens is 1. The van der Waals surface area contributed by atoms with Crippen molar-refractivity contribution < 1.29 is 14.7 Å². The summed E-state index contributed by atoms with van der Waals surface area (Å²) in [6.45, 7) is 9.45. The van der Waals surface area contributed by atoms with Crippen molar-refractivity contribution in [2.45, 2.75) is 53.0 Å². The van der Waals surface area contributed by atoms with Gasteiger partial charge in [0.25, 0.3) is 5.91 Å². The van der Waals surface area contributed by atoms with E-state index in [4.69, 9.17) is 5.11 Å². The fourth-order valence-corrected chi connectivity index (χ4v) is 2.32. The quantitative estimate of drug-likeness (QED) is 0.716. The summed E-state index contributed by atoms with van der Waals surface area (Å²) in [7, 11) is 0. The summed E-state index contributed by atoms with van der Waals surface area (Å²) in [5.74, 6) is -1.14. The molecule has 0 aliphatic rings. The summed E-state index contributed by atoms with van der Waals surface area (Å²) in [5.41, 5.74) is -0.273. The Morgan fingerprint density at radius 1 is 1.26 bits per heavy atom. The third kappa shape index (κ3) is 5.54. The summed E-state index contributed by atoms with van der Waals surface area (Å²) in [4.78, 5) is 38.0. The molecule has 3 N–H and O–H groups in total. The number of aromatic amines is 1. The minimum Gasteiger partial charge on any atom is -0.481 e. The zero-order valence-electron chi connectivity index (χ0n) is 14.4. The van der Waals surface area contributed by atoms with Crippen LogP contribution in [0.15, 0.2) is 16.9 Å². The second kappa shape index (κ2) is 7.44. The molecule has 1 rings (SSSR count). The number of aromatic nitrogens is 1. The maximum atomic E-state index is 12.5. The second-order valence-electron chi connectivity index (χ2n) is 6.95. The van der Waals surface area contributed by atoms with Crippen molar-refractivity contribution in [1.29, 1.82) is 0 Å². The highest BCUT2D eigenvalue weighted by Gasteiger charge is 2.33. The predicted molar refractivity (Wildman–Crippen MR) is 88.6 cm³/mol. The lowest BCUT2D eigenvalue weighted by molar-refractivity contribution is -0.138. The van der Waals surface area contributed by atoms with Gasteiger partial charge in [-0.15, -0.1) is 0 Å². The van der Waals surface area contributed by atoms with Crippen LogP contribution in [0.5, 0.6) is 0 Å². The van der Waals surface area contributed by atoms with E-state index in [0.29, 0.717) is 18.0 Å². The highest BCUT2D eigenvalue weighted by molar-refractivity contribution is 5.95. The normalized spacial score (nSPS) is 13.9. The van der Waals surface area contributed by atoms with Crippen LogP contribution >= 0.6 is 0 Å². The first-order valence-corrected chi connectivity index (χ1v) is 7.81. The van der Waals surface area contributed by atoms with Crippen molar-refractivity contribution >= 4 is 11.9 Å². The molecule has 0 fully saturated rings. The lowest BCUT2D eigenvalue weighted by Gasteiger charge is -2.33. The number of pyridine rings is 1. The highest BCUT2D eigenvalue weighted by atomic mass is 16.4. The predicted octanol–water partition coefficient (Wildman–Crippen LogP) is 2.19. The number of carbonyl (C=O) groups is 2. The Balaban J connectivity index is 3.06. The number of rotatable bonds is 7. The number of carboxylic acids is 1.